The van der Waals surface area contributed by atoms with Gasteiger partial charge in [0.2, 0.25) is 0 Å². The van der Waals surface area contributed by atoms with E-state index in [4.69, 9.17) is 110 Å². The number of benzene rings is 3. The summed E-state index contributed by atoms with van der Waals surface area (Å²) in [4.78, 5) is 10.9. The second-order valence-corrected chi connectivity index (χ2v) is 124. The summed E-state index contributed by atoms with van der Waals surface area (Å²) in [5.41, 5.74) is 3.32. The summed E-state index contributed by atoms with van der Waals surface area (Å²) in [5.74, 6) is 1.57. The maximum absolute atomic E-state index is 10.9. The highest BCUT2D eigenvalue weighted by atomic mass is 28.5. The zero-order valence-corrected chi connectivity index (χ0v) is 118. The molecule has 0 radical (unpaired) electrons. The van der Waals surface area contributed by atoms with Crippen molar-refractivity contribution < 1.29 is 130 Å². The fraction of sp³-hybridized carbons (Fsp3) is 0.808. The van der Waals surface area contributed by atoms with Crippen molar-refractivity contribution in [3.8, 4) is 34.5 Å². The summed E-state index contributed by atoms with van der Waals surface area (Å²) in [6, 6.07) is 23.1. The van der Waals surface area contributed by atoms with Gasteiger partial charge in [-0.1, -0.05) is 65.5 Å². The fourth-order valence-electron chi connectivity index (χ4n) is 17.6. The molecule has 0 aliphatic rings. The molecule has 0 amide bonds. The number of aromatic hydroxyl groups is 3. The van der Waals surface area contributed by atoms with Gasteiger partial charge in [-0.15, -0.1) is 0 Å². The van der Waals surface area contributed by atoms with E-state index < -0.39 is 152 Å². The number of phenols is 3. The Bertz CT molecular complexity index is 4070. The number of hydrogen-bond donors (Lipinski definition) is 3. The Morgan fingerprint density at radius 2 is 0.486 bits per heavy atom. The van der Waals surface area contributed by atoms with E-state index >= 15 is 0 Å². The minimum Gasteiger partial charge on any atom is -0.504 e. The van der Waals surface area contributed by atoms with Gasteiger partial charge in [0.05, 0.1) is 108 Å². The number of ether oxygens (including phenoxy) is 12. The van der Waals surface area contributed by atoms with Crippen LogP contribution in [-0.4, -0.2) is 306 Å². The first kappa shape index (κ1) is 145. The third kappa shape index (κ3) is 72.1. The minimum absolute atomic E-state index is 0. The summed E-state index contributed by atoms with van der Waals surface area (Å²) in [6.07, 6.45) is 9.29. The highest BCUT2D eigenvalue weighted by Gasteiger charge is 2.53. The van der Waals surface area contributed by atoms with Gasteiger partial charge in [-0.2, -0.15) is 0 Å². The number of carbonyl (C=O) groups excluding carboxylic acids is 1. The van der Waals surface area contributed by atoms with Crippen molar-refractivity contribution in [3.05, 3.63) is 71.3 Å². The number of aryl methyl sites for hydroxylation is 3. The molecule has 6 atom stereocenters. The lowest BCUT2D eigenvalue weighted by Gasteiger charge is -2.44. The van der Waals surface area contributed by atoms with E-state index in [9.17, 15) is 20.1 Å². The lowest BCUT2D eigenvalue weighted by atomic mass is 10.1. The van der Waals surface area contributed by atoms with Crippen LogP contribution in [0.1, 0.15) is 96.8 Å². The molecule has 3 aromatic carbocycles. The van der Waals surface area contributed by atoms with E-state index in [1.165, 1.54) is 13.0 Å². The van der Waals surface area contributed by atoms with Crippen LogP contribution < -0.4 is 14.2 Å². The topological polar surface area (TPSA) is 309 Å². The predicted octanol–water partition coefficient (Wildman–Crippen LogP) is 26.7. The first-order valence-corrected chi connectivity index (χ1v) is 107. The van der Waals surface area contributed by atoms with Gasteiger partial charge in [0.1, 0.15) is 6.61 Å². The quantitative estimate of drug-likeness (QED) is 0.0269. The zero-order valence-electron chi connectivity index (χ0n) is 99.7. The Morgan fingerprint density at radius 3 is 0.747 bits per heavy atom. The van der Waals surface area contributed by atoms with E-state index in [1.807, 2.05) is 36.4 Å². The number of carbonyl (C=O) groups is 1. The van der Waals surface area contributed by atoms with Gasteiger partial charge in [0.15, 0.2) is 101 Å². The van der Waals surface area contributed by atoms with Crippen LogP contribution in [0.2, 0.25) is 290 Å². The Kier molecular flexibility index (Phi) is 65.7. The molecular formula is C99H216O29Si18. The average Bonchev–Trinajstić information content (AvgIpc) is 0.802. The molecule has 0 aromatic heterocycles. The van der Waals surface area contributed by atoms with Gasteiger partial charge in [-0.3, -0.25) is 4.79 Å². The highest BCUT2D eigenvalue weighted by molar-refractivity contribution is 6.94. The number of hydrogen-bond acceptors (Lipinski definition) is 29. The van der Waals surface area contributed by atoms with Crippen molar-refractivity contribution in [2.45, 2.75) is 389 Å². The van der Waals surface area contributed by atoms with Crippen LogP contribution in [0.5, 0.6) is 34.5 Å². The molecule has 29 nitrogen and oxygen atoms in total. The molecule has 3 aromatic rings. The van der Waals surface area contributed by atoms with Crippen LogP contribution in [0, 0.1) is 0 Å². The first-order valence-electron chi connectivity index (χ1n) is 53.0. The van der Waals surface area contributed by atoms with Gasteiger partial charge in [0, 0.05) is 33.4 Å². The maximum atomic E-state index is 10.9. The summed E-state index contributed by atoms with van der Waals surface area (Å²) < 4.78 is 157. The molecule has 0 aliphatic carbocycles. The Balaban J connectivity index is 0.00000217. The molecule has 3 N–H and O–H groups in total. The molecule has 0 spiro atoms. The number of methoxy groups -OCH3 is 3. The third-order valence-corrected chi connectivity index (χ3v) is 88.4. The van der Waals surface area contributed by atoms with E-state index in [0.717, 1.165) is 130 Å². The Labute approximate surface area is 909 Å². The molecule has 3 rings (SSSR count). The van der Waals surface area contributed by atoms with Crippen molar-refractivity contribution in [2.75, 3.05) is 133 Å². The standard InChI is InChI=1S/C36H78O9Si6.C35H78O10Si7.C27H56O10Si5.CH4/c1-36(2,3)48(11,12)29-18-23-39-25-27-41-28-26-40-24-19-31-51(16,44-49(13,14)42-46(5,6)7)45-50(15,43-47(8,9)10)30-17-20-33-21-22-34(37)35(32-33)38-4;1-37-35-32-33(21-22-34(35)36)20-17-30-51(15,43-48(8,9)10)45-52(16,44-50(13,14)42-47(5,6)7)31-19-24-39-26-28-40-27-25-38-23-18-29-49(11,12)41-46(2,3)4;1-24(28)33-20-19-31-17-18-32-23-42(12,36-40(9,10)34-38(3,4)5)37-41(11,35-39(6,7)8)21-13-14-25-15-16-26(29)27(22-25)30-2;/h21-22,32,37H,17-20,23-31H2,1-16H3;21-22,32,36H,17-20,23-31H2,1-16H3;15-16,22,29H,13-14,17-21,23H2,1-12H3;1H4. The summed E-state index contributed by atoms with van der Waals surface area (Å²) in [5, 5.41) is 30.5. The van der Waals surface area contributed by atoms with E-state index in [1.54, 1.807) is 39.5 Å². The molecular weight excluding hydrogens is 2160 g/mol. The fourth-order valence-corrected chi connectivity index (χ4v) is 98.1. The lowest BCUT2D eigenvalue weighted by molar-refractivity contribution is -0.142. The van der Waals surface area contributed by atoms with E-state index in [2.05, 4.69) is 263 Å². The van der Waals surface area contributed by atoms with Crippen molar-refractivity contribution in [1.82, 2.24) is 0 Å². The second-order valence-electron chi connectivity index (χ2n) is 49.7. The van der Waals surface area contributed by atoms with Crippen molar-refractivity contribution in [2.24, 2.45) is 0 Å². The smallest absolute Gasteiger partial charge is 0.344 e. The molecule has 0 fully saturated rings. The van der Waals surface area contributed by atoms with Gasteiger partial charge >= 0.3 is 83.0 Å². The van der Waals surface area contributed by atoms with Gasteiger partial charge in [-0.05, 0) is 388 Å². The molecule has 0 saturated carbocycles. The summed E-state index contributed by atoms with van der Waals surface area (Å²) in [7, 11) is -35.0. The third-order valence-electron chi connectivity index (χ3n) is 22.3. The van der Waals surface area contributed by atoms with Crippen molar-refractivity contribution in [1.29, 1.82) is 0 Å². The molecule has 0 aliphatic heterocycles. The zero-order chi connectivity index (χ0) is 111. The molecule has 858 valence electrons. The molecule has 47 heteroatoms. The summed E-state index contributed by atoms with van der Waals surface area (Å²) >= 11 is 0. The number of rotatable bonds is 77. The Morgan fingerprint density at radius 1 is 0.260 bits per heavy atom. The van der Waals surface area contributed by atoms with Gasteiger partial charge < -0.3 is 126 Å². The SMILES string of the molecule is C.COc1cc(CCC[Si](C)(O[Si](C)(C)C)O[Si](C)(CCCOCCOCCOCCC[Si](C)(C)C(C)(C)C)O[Si](C)(C)O[Si](C)(C)C)ccc1O.COc1cc(CCC[Si](C)(O[Si](C)(C)C)O[Si](C)(CCCOCCOCCOCCC[Si](C)(C)O[Si](C)(C)C)O[Si](C)(C)O[Si](C)(C)C)ccc1O.COc1cc(CCC[Si](C)(O[Si](C)(C)C)O[Si](C)(COCCOCCOC(C)=O)O[Si](C)(C)O[Si](C)(C)C)ccc1O. The summed E-state index contributed by atoms with van der Waals surface area (Å²) in [6.45, 7) is 99.0. The molecule has 0 saturated heterocycles. The Hall–Kier alpha value is -1.01. The normalized spacial score (nSPS) is 15.6. The minimum atomic E-state index is -2.94. The van der Waals surface area contributed by atoms with Crippen LogP contribution in [0.15, 0.2) is 54.6 Å². The van der Waals surface area contributed by atoms with Crippen LogP contribution in [0.4, 0.5) is 0 Å². The van der Waals surface area contributed by atoms with Crippen LogP contribution in [0.3, 0.4) is 0 Å². The molecule has 6 unspecified atom stereocenters. The second kappa shape index (κ2) is 66.1. The first-order chi connectivity index (χ1) is 66.0. The predicted molar refractivity (Wildman–Crippen MR) is 645 cm³/mol. The largest absolute Gasteiger partial charge is 0.504 e. The van der Waals surface area contributed by atoms with E-state index in [-0.39, 0.29) is 37.3 Å². The maximum Gasteiger partial charge on any atom is 0.344 e. The van der Waals surface area contributed by atoms with Gasteiger partial charge in [0.25, 0.3) is 0 Å². The van der Waals surface area contributed by atoms with Crippen LogP contribution in [-0.2, 0) is 120 Å². The van der Waals surface area contributed by atoms with Crippen molar-refractivity contribution >= 4 is 158 Å². The average molecular weight is 2380 g/mol. The van der Waals surface area contributed by atoms with Crippen LogP contribution >= 0.6 is 0 Å². The molecule has 146 heavy (non-hydrogen) atoms. The highest BCUT2D eigenvalue weighted by Crippen LogP contribution is 2.42. The molecule has 0 bridgehead atoms. The monoisotopic (exact) mass is 2370 g/mol. The van der Waals surface area contributed by atoms with Crippen molar-refractivity contribution in [3.63, 3.8) is 0 Å². The van der Waals surface area contributed by atoms with E-state index in [0.29, 0.717) is 114 Å². The van der Waals surface area contributed by atoms with Crippen LogP contribution in [0.25, 0.3) is 0 Å². The number of esters is 1. The molecule has 0 heterocycles. The number of phenolic OH excluding ortho intramolecular Hbond substituents is 3. The van der Waals surface area contributed by atoms with Gasteiger partial charge in [-0.25, -0.2) is 0 Å². The lowest BCUT2D eigenvalue weighted by Crippen LogP contribution is -2.62.